The Hall–Kier alpha value is -1.81. The first-order valence-electron chi connectivity index (χ1n) is 6.28. The summed E-state index contributed by atoms with van der Waals surface area (Å²) in [6.07, 6.45) is 4.34. The Balaban J connectivity index is 1.76. The molecule has 1 aromatic carbocycles. The van der Waals surface area contributed by atoms with E-state index >= 15 is 0 Å². The molecule has 4 nitrogen and oxygen atoms in total. The number of hydrogen-bond donors (Lipinski definition) is 2. The van der Waals surface area contributed by atoms with Gasteiger partial charge in [-0.1, -0.05) is 42.5 Å². The van der Waals surface area contributed by atoms with Crippen molar-refractivity contribution < 1.29 is 0 Å². The second-order valence-corrected chi connectivity index (χ2v) is 4.49. The zero-order valence-electron chi connectivity index (χ0n) is 10.5. The molecule has 1 aliphatic heterocycles. The lowest BCUT2D eigenvalue weighted by molar-refractivity contribution is 0.196. The van der Waals surface area contributed by atoms with Gasteiger partial charge in [0.1, 0.15) is 0 Å². The molecule has 0 aliphatic carbocycles. The first-order valence-corrected chi connectivity index (χ1v) is 6.28. The summed E-state index contributed by atoms with van der Waals surface area (Å²) in [4.78, 5) is 4.29. The van der Waals surface area contributed by atoms with Gasteiger partial charge in [-0.25, -0.2) is 0 Å². The molecule has 4 heteroatoms. The second kappa shape index (κ2) is 6.21. The van der Waals surface area contributed by atoms with Gasteiger partial charge in [0.05, 0.1) is 0 Å². The molecule has 1 heterocycles. The molecule has 0 atom stereocenters. The monoisotopic (exact) mass is 244 g/mol. The Kier molecular flexibility index (Phi) is 4.36. The van der Waals surface area contributed by atoms with Crippen LogP contribution in [-0.4, -0.2) is 48.5 Å². The van der Waals surface area contributed by atoms with Crippen LogP contribution in [0.15, 0.2) is 36.4 Å². The number of benzene rings is 1. The molecular weight excluding hydrogens is 224 g/mol. The van der Waals surface area contributed by atoms with E-state index in [1.54, 1.807) is 0 Å². The van der Waals surface area contributed by atoms with Crippen LogP contribution in [-0.2, 0) is 0 Å². The number of rotatable bonds is 3. The van der Waals surface area contributed by atoms with E-state index in [1.165, 1.54) is 5.56 Å². The highest BCUT2D eigenvalue weighted by atomic mass is 15.3. The maximum Gasteiger partial charge on any atom is 0.188 e. The third-order valence-corrected chi connectivity index (χ3v) is 3.19. The smallest absolute Gasteiger partial charge is 0.188 e. The van der Waals surface area contributed by atoms with E-state index < -0.39 is 0 Å². The predicted octanol–water partition coefficient (Wildman–Crippen LogP) is 1.21. The highest BCUT2D eigenvalue weighted by Gasteiger charge is 2.15. The van der Waals surface area contributed by atoms with Crippen LogP contribution in [0.1, 0.15) is 5.56 Å². The minimum Gasteiger partial charge on any atom is -0.370 e. The molecule has 1 aliphatic rings. The van der Waals surface area contributed by atoms with Crippen molar-refractivity contribution in [2.45, 2.75) is 0 Å². The summed E-state index contributed by atoms with van der Waals surface area (Å²) in [5.41, 5.74) is 6.70. The molecule has 0 saturated carbocycles. The summed E-state index contributed by atoms with van der Waals surface area (Å²) in [6.45, 7) is 4.61. The molecule has 0 aromatic heterocycles. The van der Waals surface area contributed by atoms with Crippen LogP contribution in [0.5, 0.6) is 0 Å². The van der Waals surface area contributed by atoms with Crippen molar-refractivity contribution in [1.82, 2.24) is 9.80 Å². The highest BCUT2D eigenvalue weighted by molar-refractivity contribution is 5.74. The zero-order valence-corrected chi connectivity index (χ0v) is 10.5. The summed E-state index contributed by atoms with van der Waals surface area (Å²) in [6, 6.07) is 10.3. The Morgan fingerprint density at radius 1 is 1.17 bits per heavy atom. The molecule has 96 valence electrons. The Bertz CT molecular complexity index is 405. The Labute approximate surface area is 108 Å². The summed E-state index contributed by atoms with van der Waals surface area (Å²) >= 11 is 0. The lowest BCUT2D eigenvalue weighted by Gasteiger charge is -2.34. The van der Waals surface area contributed by atoms with Crippen LogP contribution < -0.4 is 5.73 Å². The molecule has 0 radical (unpaired) electrons. The van der Waals surface area contributed by atoms with Gasteiger partial charge in [0.2, 0.25) is 0 Å². The van der Waals surface area contributed by atoms with Gasteiger partial charge in [-0.2, -0.15) is 0 Å². The molecule has 2 rings (SSSR count). The number of guanidine groups is 1. The van der Waals surface area contributed by atoms with E-state index in [9.17, 15) is 0 Å². The minimum absolute atomic E-state index is 0.189. The molecular formula is C14H20N4. The summed E-state index contributed by atoms with van der Waals surface area (Å²) in [5, 5.41) is 7.38. The van der Waals surface area contributed by atoms with Gasteiger partial charge in [-0.15, -0.1) is 0 Å². The standard InChI is InChI=1S/C14H20N4/c15-14(16)18-11-9-17(10-12-18)8-4-7-13-5-2-1-3-6-13/h1-7H,8-12H2,(H3,15,16). The maximum absolute atomic E-state index is 7.38. The van der Waals surface area contributed by atoms with Gasteiger partial charge in [0.15, 0.2) is 5.96 Å². The lowest BCUT2D eigenvalue weighted by atomic mass is 10.2. The van der Waals surface area contributed by atoms with Gasteiger partial charge in [-0.05, 0) is 5.56 Å². The molecule has 18 heavy (non-hydrogen) atoms. The summed E-state index contributed by atoms with van der Waals surface area (Å²) in [5.74, 6) is 0.189. The van der Waals surface area contributed by atoms with Crippen LogP contribution in [0.25, 0.3) is 6.08 Å². The predicted molar refractivity (Wildman–Crippen MR) is 75.4 cm³/mol. The zero-order chi connectivity index (χ0) is 12.8. The van der Waals surface area contributed by atoms with Crippen molar-refractivity contribution in [2.75, 3.05) is 32.7 Å². The second-order valence-electron chi connectivity index (χ2n) is 4.49. The summed E-state index contributed by atoms with van der Waals surface area (Å²) < 4.78 is 0. The molecule has 0 amide bonds. The fourth-order valence-electron chi connectivity index (χ4n) is 2.07. The van der Waals surface area contributed by atoms with Gasteiger partial charge >= 0.3 is 0 Å². The van der Waals surface area contributed by atoms with Crippen LogP contribution in [0, 0.1) is 5.41 Å². The van der Waals surface area contributed by atoms with Gasteiger partial charge in [0, 0.05) is 32.7 Å². The van der Waals surface area contributed by atoms with E-state index in [4.69, 9.17) is 11.1 Å². The molecule has 1 fully saturated rings. The SMILES string of the molecule is N=C(N)N1CCN(CC=Cc2ccccc2)CC1. The number of hydrogen-bond acceptors (Lipinski definition) is 2. The van der Waals surface area contributed by atoms with E-state index in [-0.39, 0.29) is 5.96 Å². The Morgan fingerprint density at radius 3 is 2.44 bits per heavy atom. The normalized spacial score (nSPS) is 17.2. The molecule has 0 bridgehead atoms. The van der Waals surface area contributed by atoms with Crippen LogP contribution in [0.4, 0.5) is 0 Å². The topological polar surface area (TPSA) is 56.4 Å². The molecule has 1 aromatic rings. The van der Waals surface area contributed by atoms with Crippen molar-refractivity contribution in [3.63, 3.8) is 0 Å². The van der Waals surface area contributed by atoms with Crippen molar-refractivity contribution in [3.05, 3.63) is 42.0 Å². The number of nitrogens with zero attached hydrogens (tertiary/aromatic N) is 2. The van der Waals surface area contributed by atoms with Gasteiger partial charge in [0.25, 0.3) is 0 Å². The fourth-order valence-corrected chi connectivity index (χ4v) is 2.07. The van der Waals surface area contributed by atoms with Crippen LogP contribution >= 0.6 is 0 Å². The number of piperazine rings is 1. The fraction of sp³-hybridized carbons (Fsp3) is 0.357. The van der Waals surface area contributed by atoms with Crippen molar-refractivity contribution >= 4 is 12.0 Å². The van der Waals surface area contributed by atoms with E-state index in [0.29, 0.717) is 0 Å². The molecule has 1 saturated heterocycles. The molecule has 3 N–H and O–H groups in total. The van der Waals surface area contributed by atoms with Gasteiger partial charge in [-0.3, -0.25) is 10.3 Å². The Morgan fingerprint density at radius 2 is 1.83 bits per heavy atom. The molecule has 0 spiro atoms. The van der Waals surface area contributed by atoms with Crippen LogP contribution in [0.2, 0.25) is 0 Å². The van der Waals surface area contributed by atoms with Gasteiger partial charge < -0.3 is 10.6 Å². The maximum atomic E-state index is 7.38. The van der Waals surface area contributed by atoms with E-state index in [1.807, 2.05) is 23.1 Å². The highest BCUT2D eigenvalue weighted by Crippen LogP contribution is 2.04. The minimum atomic E-state index is 0.189. The average Bonchev–Trinajstić information content (AvgIpc) is 2.40. The first-order chi connectivity index (χ1) is 8.75. The first kappa shape index (κ1) is 12.6. The average molecular weight is 244 g/mol. The number of nitrogens with two attached hydrogens (primary N) is 1. The largest absolute Gasteiger partial charge is 0.370 e. The third-order valence-electron chi connectivity index (χ3n) is 3.19. The third kappa shape index (κ3) is 3.60. The molecule has 0 unspecified atom stereocenters. The van der Waals surface area contributed by atoms with Crippen molar-refractivity contribution in [2.24, 2.45) is 5.73 Å². The quantitative estimate of drug-likeness (QED) is 0.621. The van der Waals surface area contributed by atoms with Crippen molar-refractivity contribution in [1.29, 1.82) is 5.41 Å². The van der Waals surface area contributed by atoms with Crippen LogP contribution in [0.3, 0.4) is 0 Å². The lowest BCUT2D eigenvalue weighted by Crippen LogP contribution is -2.50. The van der Waals surface area contributed by atoms with E-state index in [2.05, 4.69) is 29.2 Å². The summed E-state index contributed by atoms with van der Waals surface area (Å²) in [7, 11) is 0. The number of nitrogens with one attached hydrogen (secondary N) is 1. The van der Waals surface area contributed by atoms with Crippen molar-refractivity contribution in [3.8, 4) is 0 Å². The van der Waals surface area contributed by atoms with E-state index in [0.717, 1.165) is 32.7 Å².